The molecular formula is C34H56N2O6. The van der Waals surface area contributed by atoms with Crippen LogP contribution < -0.4 is 11.1 Å². The van der Waals surface area contributed by atoms with E-state index in [1.54, 1.807) is 0 Å². The molecule has 0 aromatic rings. The molecule has 0 aromatic heterocycles. The van der Waals surface area contributed by atoms with Crippen LogP contribution in [0.4, 0.5) is 0 Å². The third-order valence-electron chi connectivity index (χ3n) is 10.9. The largest absolute Gasteiger partial charge is 0.481 e. The van der Waals surface area contributed by atoms with Gasteiger partial charge in [0.1, 0.15) is 0 Å². The second-order valence-electron chi connectivity index (χ2n) is 13.8. The maximum atomic E-state index is 12.2. The van der Waals surface area contributed by atoms with Gasteiger partial charge in [0.15, 0.2) is 0 Å². The van der Waals surface area contributed by atoms with Gasteiger partial charge in [-0.25, -0.2) is 0 Å². The van der Waals surface area contributed by atoms with Crippen molar-refractivity contribution in [2.45, 2.75) is 127 Å². The van der Waals surface area contributed by atoms with Crippen LogP contribution in [0.25, 0.3) is 0 Å². The van der Waals surface area contributed by atoms with E-state index in [1.807, 2.05) is 6.08 Å². The molecule has 2 fully saturated rings. The minimum Gasteiger partial charge on any atom is -0.481 e. The Morgan fingerprint density at radius 2 is 1.88 bits per heavy atom. The van der Waals surface area contributed by atoms with Crippen molar-refractivity contribution >= 4 is 5.97 Å². The van der Waals surface area contributed by atoms with E-state index in [9.17, 15) is 30.3 Å². The molecule has 0 bridgehead atoms. The lowest BCUT2D eigenvalue weighted by Crippen LogP contribution is -2.51. The first kappa shape index (κ1) is 33.0. The number of allylic oxidation sites excluding steroid dienone is 3. The number of nitrogens with one attached hydrogen (secondary N) is 1. The molecule has 42 heavy (non-hydrogen) atoms. The molecule has 3 aliphatic carbocycles. The van der Waals surface area contributed by atoms with Crippen molar-refractivity contribution in [1.82, 2.24) is 5.32 Å². The highest BCUT2D eigenvalue weighted by molar-refractivity contribution is 5.70. The van der Waals surface area contributed by atoms with Crippen molar-refractivity contribution in [1.29, 1.82) is 0 Å². The van der Waals surface area contributed by atoms with Crippen molar-refractivity contribution in [2.24, 2.45) is 41.2 Å². The Kier molecular flexibility index (Phi) is 12.0. The minimum absolute atomic E-state index is 0.0829. The van der Waals surface area contributed by atoms with E-state index in [0.717, 1.165) is 44.1 Å². The van der Waals surface area contributed by atoms with Gasteiger partial charge in [-0.05, 0) is 93.1 Å². The van der Waals surface area contributed by atoms with E-state index < -0.39 is 29.7 Å². The summed E-state index contributed by atoms with van der Waals surface area (Å²) in [6.07, 6.45) is 18.4. The number of carboxylic acid groups (broad SMARTS) is 1. The second kappa shape index (κ2) is 15.2. The van der Waals surface area contributed by atoms with Gasteiger partial charge in [-0.15, -0.1) is 0 Å². The Morgan fingerprint density at radius 1 is 1.10 bits per heavy atom. The van der Waals surface area contributed by atoms with Crippen LogP contribution in [0.2, 0.25) is 0 Å². The van der Waals surface area contributed by atoms with E-state index in [1.165, 1.54) is 19.3 Å². The summed E-state index contributed by atoms with van der Waals surface area (Å²) in [5.74, 6) is -0.926. The molecular weight excluding hydrogens is 532 g/mol. The molecule has 0 unspecified atom stereocenters. The van der Waals surface area contributed by atoms with Crippen LogP contribution in [-0.2, 0) is 4.79 Å². The molecule has 1 heterocycles. The summed E-state index contributed by atoms with van der Waals surface area (Å²) in [5.41, 5.74) is 5.73. The average molecular weight is 589 g/mol. The zero-order chi connectivity index (χ0) is 30.3. The summed E-state index contributed by atoms with van der Waals surface area (Å²) in [6.45, 7) is 2.88. The summed E-state index contributed by atoms with van der Waals surface area (Å²) in [5, 5.41) is 57.5. The van der Waals surface area contributed by atoms with Gasteiger partial charge in [-0.1, -0.05) is 63.7 Å². The van der Waals surface area contributed by atoms with Gasteiger partial charge >= 0.3 is 5.97 Å². The fourth-order valence-electron chi connectivity index (χ4n) is 8.41. The smallest absolute Gasteiger partial charge is 0.309 e. The van der Waals surface area contributed by atoms with Crippen molar-refractivity contribution in [2.75, 3.05) is 6.54 Å². The molecule has 4 rings (SSSR count). The highest BCUT2D eigenvalue weighted by atomic mass is 16.4. The van der Waals surface area contributed by atoms with Crippen molar-refractivity contribution in [3.05, 3.63) is 35.7 Å². The topological polar surface area (TPSA) is 156 Å². The number of aliphatic hydroxyl groups excluding tert-OH is 3. The third-order valence-corrected chi connectivity index (χ3v) is 10.9. The quantitative estimate of drug-likeness (QED) is 0.110. The van der Waals surface area contributed by atoms with E-state index >= 15 is 0 Å². The first-order valence-corrected chi connectivity index (χ1v) is 16.7. The zero-order valence-electron chi connectivity index (χ0n) is 25.5. The molecule has 0 spiro atoms. The number of unbranched alkanes of at least 4 members (excludes halogenated alkanes) is 4. The van der Waals surface area contributed by atoms with E-state index in [-0.39, 0.29) is 36.2 Å². The molecule has 238 valence electrons. The first-order valence-electron chi connectivity index (χ1n) is 16.7. The van der Waals surface area contributed by atoms with Gasteiger partial charge in [0.05, 0.1) is 35.7 Å². The normalized spacial score (nSPS) is 36.0. The molecule has 8 nitrogen and oxygen atoms in total. The minimum atomic E-state index is -1.30. The molecule has 10 atom stereocenters. The van der Waals surface area contributed by atoms with Gasteiger partial charge in [0.25, 0.3) is 0 Å². The van der Waals surface area contributed by atoms with Crippen molar-refractivity contribution < 1.29 is 30.3 Å². The first-order chi connectivity index (χ1) is 20.1. The van der Waals surface area contributed by atoms with Crippen LogP contribution in [-0.4, -0.2) is 62.0 Å². The predicted molar refractivity (Wildman–Crippen MR) is 164 cm³/mol. The number of nitrogens with two attached hydrogens (primary N) is 1. The molecule has 4 aliphatic rings. The predicted octanol–water partition coefficient (Wildman–Crippen LogP) is 4.38. The van der Waals surface area contributed by atoms with Gasteiger partial charge in [-0.3, -0.25) is 4.79 Å². The van der Waals surface area contributed by atoms with Crippen LogP contribution in [0.3, 0.4) is 0 Å². The average Bonchev–Trinajstić information content (AvgIpc) is 3.19. The summed E-state index contributed by atoms with van der Waals surface area (Å²) < 4.78 is 0. The molecule has 8 N–H and O–H groups in total. The van der Waals surface area contributed by atoms with Crippen LogP contribution in [0.5, 0.6) is 0 Å². The Bertz CT molecular complexity index is 981. The number of hydrogen-bond donors (Lipinski definition) is 7. The molecule has 0 aromatic carbocycles. The van der Waals surface area contributed by atoms with Gasteiger partial charge < -0.3 is 36.6 Å². The third kappa shape index (κ3) is 8.19. The van der Waals surface area contributed by atoms with Crippen molar-refractivity contribution in [3.8, 4) is 0 Å². The standard InChI is InChI=1S/C34H56N2O6/c1-2-3-5-8-22-11-12-24(29(37)18-22)9-6-4-7-10-27(33(40)41)32(39)25-13-14-28-26(20-30(38)34(28,42)21-25)17-23-15-16-36-31(35)19-23/h11-12,15,19,22,24-30,32,36-39,42H,2-10,13-14,16-18,20-21,35H2,1H3,(H,40,41)/t22-,24-,25+,26+,27+,28-,29-,30+,32-,34+/m1/s1. The summed E-state index contributed by atoms with van der Waals surface area (Å²) in [6, 6.07) is 0. The van der Waals surface area contributed by atoms with Gasteiger partial charge in [-0.2, -0.15) is 0 Å². The molecule has 1 aliphatic heterocycles. The van der Waals surface area contributed by atoms with Gasteiger partial charge in [0, 0.05) is 12.5 Å². The molecule has 2 saturated carbocycles. The fraction of sp³-hybridized carbons (Fsp3) is 0.794. The van der Waals surface area contributed by atoms with E-state index in [4.69, 9.17) is 5.73 Å². The van der Waals surface area contributed by atoms with Crippen LogP contribution in [0, 0.1) is 35.5 Å². The van der Waals surface area contributed by atoms with Crippen LogP contribution in [0.15, 0.2) is 35.7 Å². The maximum absolute atomic E-state index is 12.2. The van der Waals surface area contributed by atoms with Crippen LogP contribution in [0.1, 0.15) is 103 Å². The summed E-state index contributed by atoms with van der Waals surface area (Å²) in [7, 11) is 0. The molecule has 8 heteroatoms. The second-order valence-corrected chi connectivity index (χ2v) is 13.8. The lowest BCUT2D eigenvalue weighted by molar-refractivity contribution is -0.155. The monoisotopic (exact) mass is 588 g/mol. The lowest BCUT2D eigenvalue weighted by Gasteiger charge is -2.44. The number of dihydropyridines is 1. The summed E-state index contributed by atoms with van der Waals surface area (Å²) >= 11 is 0. The number of hydrogen-bond acceptors (Lipinski definition) is 7. The lowest BCUT2D eigenvalue weighted by atomic mass is 9.66. The molecule has 0 radical (unpaired) electrons. The Morgan fingerprint density at radius 3 is 2.60 bits per heavy atom. The number of aliphatic hydroxyl groups is 4. The number of fused-ring (bicyclic) bond motifs is 1. The highest BCUT2D eigenvalue weighted by Crippen LogP contribution is 2.53. The number of carbonyl (C=O) groups is 1. The Labute approximate surface area is 252 Å². The Balaban J connectivity index is 1.23. The molecule has 0 amide bonds. The zero-order valence-corrected chi connectivity index (χ0v) is 25.5. The number of aliphatic carboxylic acids is 1. The van der Waals surface area contributed by atoms with E-state index in [2.05, 4.69) is 30.5 Å². The van der Waals surface area contributed by atoms with Gasteiger partial charge in [0.2, 0.25) is 0 Å². The fourth-order valence-corrected chi connectivity index (χ4v) is 8.41. The van der Waals surface area contributed by atoms with Crippen LogP contribution >= 0.6 is 0 Å². The Hall–Kier alpha value is -1.87. The number of carboxylic acids is 1. The number of rotatable bonds is 15. The molecule has 0 saturated heterocycles. The van der Waals surface area contributed by atoms with E-state index in [0.29, 0.717) is 50.4 Å². The highest BCUT2D eigenvalue weighted by Gasteiger charge is 2.57. The van der Waals surface area contributed by atoms with Crippen molar-refractivity contribution in [3.63, 3.8) is 0 Å². The summed E-state index contributed by atoms with van der Waals surface area (Å²) in [4.78, 5) is 12.2. The maximum Gasteiger partial charge on any atom is 0.309 e. The SMILES string of the molecule is CCCCC[C@@H]1C=C[C@@H](CCCCC[C@H](C(=O)O)[C@H](O)[C@H]2CC[C@@H]3[C@@H](CC4=CCNC(N)=C4)C[C@H](O)[C@]3(O)C2)[C@H](O)C1.